The van der Waals surface area contributed by atoms with Gasteiger partial charge in [-0.25, -0.2) is 0 Å². The maximum Gasteiger partial charge on any atom is 0.274 e. The summed E-state index contributed by atoms with van der Waals surface area (Å²) >= 11 is 0. The van der Waals surface area contributed by atoms with Crippen LogP contribution >= 0.6 is 0 Å². The second kappa shape index (κ2) is 5.04. The molecule has 0 atom stereocenters. The summed E-state index contributed by atoms with van der Waals surface area (Å²) in [7, 11) is 3.62. The highest BCUT2D eigenvalue weighted by molar-refractivity contribution is 5.93. The zero-order valence-electron chi connectivity index (χ0n) is 10.9. The third kappa shape index (κ3) is 2.59. The third-order valence-corrected chi connectivity index (χ3v) is 2.82. The van der Waals surface area contributed by atoms with Crippen molar-refractivity contribution in [3.05, 3.63) is 53.3 Å². The molecule has 0 aliphatic carbocycles. The van der Waals surface area contributed by atoms with Gasteiger partial charge in [0.25, 0.3) is 5.91 Å². The first kappa shape index (κ1) is 12.4. The fraction of sp³-hybridized carbons (Fsp3) is 0.286. The van der Waals surface area contributed by atoms with Crippen LogP contribution in [0.3, 0.4) is 0 Å². The standard InChI is InChI=1S/C14H17N3O/c1-11-9-17(3)15-13(11)14(18)16(2)10-12-7-5-4-6-8-12/h4-9H,10H2,1-3H3. The molecule has 2 aromatic rings. The van der Waals surface area contributed by atoms with E-state index in [2.05, 4.69) is 5.10 Å². The largest absolute Gasteiger partial charge is 0.336 e. The van der Waals surface area contributed by atoms with Gasteiger partial charge >= 0.3 is 0 Å². The Kier molecular flexibility index (Phi) is 3.46. The van der Waals surface area contributed by atoms with Gasteiger partial charge in [-0.3, -0.25) is 9.48 Å². The predicted octanol–water partition coefficient (Wildman–Crippen LogP) is 2.00. The van der Waals surface area contributed by atoms with Crippen LogP contribution in [0.15, 0.2) is 36.5 Å². The second-order valence-corrected chi connectivity index (χ2v) is 4.48. The molecule has 0 aliphatic heterocycles. The average molecular weight is 243 g/mol. The molecule has 1 amide bonds. The van der Waals surface area contributed by atoms with Crippen LogP contribution in [0.2, 0.25) is 0 Å². The van der Waals surface area contributed by atoms with E-state index in [1.807, 2.05) is 50.5 Å². The normalized spacial score (nSPS) is 10.4. The van der Waals surface area contributed by atoms with Gasteiger partial charge in [-0.15, -0.1) is 0 Å². The smallest absolute Gasteiger partial charge is 0.274 e. The summed E-state index contributed by atoms with van der Waals surface area (Å²) in [6.45, 7) is 2.49. The average Bonchev–Trinajstić information content (AvgIpc) is 2.68. The number of aromatic nitrogens is 2. The van der Waals surface area contributed by atoms with E-state index >= 15 is 0 Å². The molecule has 0 radical (unpaired) electrons. The molecule has 4 heteroatoms. The minimum absolute atomic E-state index is 0.0445. The van der Waals surface area contributed by atoms with Gasteiger partial charge < -0.3 is 4.90 Å². The van der Waals surface area contributed by atoms with Gasteiger partial charge in [0.15, 0.2) is 5.69 Å². The molecule has 0 N–H and O–H groups in total. The first-order chi connectivity index (χ1) is 8.58. The van der Waals surface area contributed by atoms with E-state index in [1.54, 1.807) is 16.6 Å². The molecule has 2 rings (SSSR count). The molecular weight excluding hydrogens is 226 g/mol. The highest BCUT2D eigenvalue weighted by Gasteiger charge is 2.17. The Morgan fingerprint density at radius 3 is 2.56 bits per heavy atom. The summed E-state index contributed by atoms with van der Waals surface area (Å²) in [5.41, 5.74) is 2.54. The van der Waals surface area contributed by atoms with Crippen molar-refractivity contribution in [3.63, 3.8) is 0 Å². The summed E-state index contributed by atoms with van der Waals surface area (Å²) in [5, 5.41) is 4.20. The summed E-state index contributed by atoms with van der Waals surface area (Å²) in [6, 6.07) is 9.93. The van der Waals surface area contributed by atoms with E-state index < -0.39 is 0 Å². The summed E-state index contributed by atoms with van der Waals surface area (Å²) < 4.78 is 1.67. The van der Waals surface area contributed by atoms with E-state index in [0.29, 0.717) is 12.2 Å². The molecule has 0 spiro atoms. The number of carbonyl (C=O) groups excluding carboxylic acids is 1. The zero-order chi connectivity index (χ0) is 13.1. The Hall–Kier alpha value is -2.10. The number of amides is 1. The highest BCUT2D eigenvalue weighted by Crippen LogP contribution is 2.10. The van der Waals surface area contributed by atoms with E-state index in [-0.39, 0.29) is 5.91 Å². The van der Waals surface area contributed by atoms with Crippen molar-refractivity contribution in [1.82, 2.24) is 14.7 Å². The molecule has 1 aromatic heterocycles. The van der Waals surface area contributed by atoms with Gasteiger partial charge in [-0.1, -0.05) is 30.3 Å². The van der Waals surface area contributed by atoms with Gasteiger partial charge in [-0.2, -0.15) is 5.10 Å². The second-order valence-electron chi connectivity index (χ2n) is 4.48. The number of carbonyl (C=O) groups is 1. The Labute approximate surface area is 107 Å². The van der Waals surface area contributed by atoms with Crippen LogP contribution in [-0.2, 0) is 13.6 Å². The topological polar surface area (TPSA) is 38.1 Å². The SMILES string of the molecule is Cc1cn(C)nc1C(=O)N(C)Cc1ccccc1. The van der Waals surface area contributed by atoms with Crippen LogP contribution in [0.25, 0.3) is 0 Å². The van der Waals surface area contributed by atoms with E-state index in [0.717, 1.165) is 11.1 Å². The van der Waals surface area contributed by atoms with Crippen LogP contribution in [-0.4, -0.2) is 27.6 Å². The Morgan fingerprint density at radius 1 is 1.33 bits per heavy atom. The summed E-state index contributed by atoms with van der Waals surface area (Å²) in [4.78, 5) is 13.9. The Bertz CT molecular complexity index is 545. The third-order valence-electron chi connectivity index (χ3n) is 2.82. The maximum absolute atomic E-state index is 12.2. The molecule has 1 heterocycles. The van der Waals surface area contributed by atoms with Crippen molar-refractivity contribution in [3.8, 4) is 0 Å². The minimum Gasteiger partial charge on any atom is -0.336 e. The number of benzene rings is 1. The molecule has 0 bridgehead atoms. The Balaban J connectivity index is 2.12. The van der Waals surface area contributed by atoms with Crippen molar-refractivity contribution in [2.24, 2.45) is 7.05 Å². The van der Waals surface area contributed by atoms with Gasteiger partial charge in [0.2, 0.25) is 0 Å². The van der Waals surface area contributed by atoms with Crippen molar-refractivity contribution >= 4 is 5.91 Å². The van der Waals surface area contributed by atoms with Crippen LogP contribution < -0.4 is 0 Å². The minimum atomic E-state index is -0.0445. The van der Waals surface area contributed by atoms with Crippen molar-refractivity contribution in [1.29, 1.82) is 0 Å². The summed E-state index contributed by atoms with van der Waals surface area (Å²) in [5.74, 6) is -0.0445. The summed E-state index contributed by atoms with van der Waals surface area (Å²) in [6.07, 6.45) is 1.85. The van der Waals surface area contributed by atoms with Crippen LogP contribution in [0.1, 0.15) is 21.6 Å². The molecule has 0 saturated heterocycles. The van der Waals surface area contributed by atoms with Crippen molar-refractivity contribution < 1.29 is 4.79 Å². The quantitative estimate of drug-likeness (QED) is 0.827. The predicted molar refractivity (Wildman–Crippen MR) is 70.2 cm³/mol. The fourth-order valence-electron chi connectivity index (χ4n) is 1.93. The molecule has 0 unspecified atom stereocenters. The lowest BCUT2D eigenvalue weighted by Gasteiger charge is -2.16. The van der Waals surface area contributed by atoms with Crippen LogP contribution in [0.4, 0.5) is 0 Å². The Morgan fingerprint density at radius 2 is 2.00 bits per heavy atom. The van der Waals surface area contributed by atoms with Crippen molar-refractivity contribution in [2.75, 3.05) is 7.05 Å². The first-order valence-electron chi connectivity index (χ1n) is 5.87. The number of aryl methyl sites for hydroxylation is 2. The monoisotopic (exact) mass is 243 g/mol. The first-order valence-corrected chi connectivity index (χ1v) is 5.87. The zero-order valence-corrected chi connectivity index (χ0v) is 10.9. The van der Waals surface area contributed by atoms with Crippen molar-refractivity contribution in [2.45, 2.75) is 13.5 Å². The molecule has 0 fully saturated rings. The van der Waals surface area contributed by atoms with Gasteiger partial charge in [0.05, 0.1) is 0 Å². The van der Waals surface area contributed by atoms with Gasteiger partial charge in [0, 0.05) is 32.4 Å². The molecule has 94 valence electrons. The van der Waals surface area contributed by atoms with Gasteiger partial charge in [0.1, 0.15) is 0 Å². The molecule has 18 heavy (non-hydrogen) atoms. The molecule has 0 saturated carbocycles. The van der Waals surface area contributed by atoms with E-state index in [1.165, 1.54) is 0 Å². The molecule has 1 aromatic carbocycles. The van der Waals surface area contributed by atoms with Crippen LogP contribution in [0.5, 0.6) is 0 Å². The lowest BCUT2D eigenvalue weighted by Crippen LogP contribution is -2.27. The molecular formula is C14H17N3O. The number of rotatable bonds is 3. The molecule has 0 aliphatic rings. The number of nitrogens with zero attached hydrogens (tertiary/aromatic N) is 3. The highest BCUT2D eigenvalue weighted by atomic mass is 16.2. The lowest BCUT2D eigenvalue weighted by molar-refractivity contribution is 0.0778. The fourth-order valence-corrected chi connectivity index (χ4v) is 1.93. The maximum atomic E-state index is 12.2. The van der Waals surface area contributed by atoms with E-state index in [9.17, 15) is 4.79 Å². The lowest BCUT2D eigenvalue weighted by atomic mass is 10.2. The van der Waals surface area contributed by atoms with Crippen LogP contribution in [0, 0.1) is 6.92 Å². The van der Waals surface area contributed by atoms with Gasteiger partial charge in [-0.05, 0) is 12.5 Å². The molecule has 4 nitrogen and oxygen atoms in total. The number of hydrogen-bond donors (Lipinski definition) is 0. The van der Waals surface area contributed by atoms with E-state index in [4.69, 9.17) is 0 Å². The number of hydrogen-bond acceptors (Lipinski definition) is 2.